The lowest BCUT2D eigenvalue weighted by atomic mass is 10.2. The van der Waals surface area contributed by atoms with E-state index in [-0.39, 0.29) is 23.5 Å². The fraction of sp³-hybridized carbons (Fsp3) is 0.176. The van der Waals surface area contributed by atoms with E-state index in [1.165, 1.54) is 25.4 Å². The Morgan fingerprint density at radius 3 is 2.62 bits per heavy atom. The Kier molecular flexibility index (Phi) is 4.88. The Morgan fingerprint density at radius 2 is 1.96 bits per heavy atom. The first kappa shape index (κ1) is 18.2. The normalized spacial score (nSPS) is 11.6. The van der Waals surface area contributed by atoms with Gasteiger partial charge in [0.15, 0.2) is 5.65 Å². The van der Waals surface area contributed by atoms with Crippen molar-refractivity contribution in [1.82, 2.24) is 13.9 Å². The zero-order valence-electron chi connectivity index (χ0n) is 13.8. The van der Waals surface area contributed by atoms with Crippen LogP contribution in [0.25, 0.3) is 11.0 Å². The summed E-state index contributed by atoms with van der Waals surface area (Å²) in [4.78, 5) is 16.4. The lowest BCUT2D eigenvalue weighted by Gasteiger charge is -2.15. The predicted octanol–water partition coefficient (Wildman–Crippen LogP) is 3.08. The molecule has 0 atom stereocenters. The second-order valence-corrected chi connectivity index (χ2v) is 7.90. The Balaban J connectivity index is 2.17. The van der Waals surface area contributed by atoms with Gasteiger partial charge in [0.05, 0.1) is 9.92 Å². The first-order valence-corrected chi connectivity index (χ1v) is 9.53. The van der Waals surface area contributed by atoms with E-state index in [4.69, 9.17) is 16.7 Å². The second-order valence-electron chi connectivity index (χ2n) is 5.70. The third-order valence-corrected chi connectivity index (χ3v) is 6.08. The third kappa shape index (κ3) is 3.25. The molecule has 0 saturated heterocycles. The molecule has 0 unspecified atom stereocenters. The van der Waals surface area contributed by atoms with Crippen LogP contribution < -0.4 is 0 Å². The average molecular weight is 394 g/mol. The smallest absolute Gasteiger partial charge is 0.407 e. The zero-order chi connectivity index (χ0) is 18.9. The van der Waals surface area contributed by atoms with Gasteiger partial charge in [0.2, 0.25) is 0 Å². The number of amides is 1. The van der Waals surface area contributed by atoms with Crippen LogP contribution in [0.2, 0.25) is 5.02 Å². The molecule has 0 radical (unpaired) electrons. The molecule has 1 amide bonds. The fourth-order valence-corrected chi connectivity index (χ4v) is 4.35. The SMILES string of the molecule is CN(CCc1cc2c(Cl)ccnc2n1S(=O)(=O)c1ccccc1)C(=O)O. The van der Waals surface area contributed by atoms with Crippen LogP contribution in [-0.2, 0) is 16.4 Å². The van der Waals surface area contributed by atoms with Crippen molar-refractivity contribution in [3.63, 3.8) is 0 Å². The van der Waals surface area contributed by atoms with Gasteiger partial charge in [-0.2, -0.15) is 0 Å². The van der Waals surface area contributed by atoms with Gasteiger partial charge in [-0.1, -0.05) is 29.8 Å². The summed E-state index contributed by atoms with van der Waals surface area (Å²) in [5.41, 5.74) is 0.631. The molecule has 0 fully saturated rings. The van der Waals surface area contributed by atoms with Gasteiger partial charge in [-0.15, -0.1) is 0 Å². The van der Waals surface area contributed by atoms with Crippen molar-refractivity contribution in [3.8, 4) is 0 Å². The number of pyridine rings is 1. The molecule has 0 bridgehead atoms. The molecule has 1 aromatic carbocycles. The van der Waals surface area contributed by atoms with Crippen molar-refractivity contribution in [2.45, 2.75) is 11.3 Å². The van der Waals surface area contributed by atoms with Crippen LogP contribution in [0.1, 0.15) is 5.69 Å². The molecule has 3 aromatic rings. The number of aromatic nitrogens is 2. The number of fused-ring (bicyclic) bond motifs is 1. The number of nitrogens with zero attached hydrogens (tertiary/aromatic N) is 3. The van der Waals surface area contributed by atoms with E-state index >= 15 is 0 Å². The van der Waals surface area contributed by atoms with Crippen molar-refractivity contribution in [3.05, 3.63) is 59.4 Å². The minimum atomic E-state index is -3.91. The maximum atomic E-state index is 13.2. The lowest BCUT2D eigenvalue weighted by Crippen LogP contribution is -2.28. The topological polar surface area (TPSA) is 92.5 Å². The molecule has 7 nitrogen and oxygen atoms in total. The summed E-state index contributed by atoms with van der Waals surface area (Å²) in [5, 5.41) is 9.90. The molecule has 0 saturated carbocycles. The number of hydrogen-bond acceptors (Lipinski definition) is 4. The first-order chi connectivity index (χ1) is 12.3. The number of hydrogen-bond donors (Lipinski definition) is 1. The molecular formula is C17H16ClN3O4S. The van der Waals surface area contributed by atoms with Crippen molar-refractivity contribution in [2.24, 2.45) is 0 Å². The van der Waals surface area contributed by atoms with Crippen molar-refractivity contribution < 1.29 is 18.3 Å². The minimum Gasteiger partial charge on any atom is -0.465 e. The molecular weight excluding hydrogens is 378 g/mol. The number of carboxylic acid groups (broad SMARTS) is 1. The van der Waals surface area contributed by atoms with Gasteiger partial charge in [0.25, 0.3) is 10.0 Å². The van der Waals surface area contributed by atoms with Gasteiger partial charge in [0.1, 0.15) is 0 Å². The highest BCUT2D eigenvalue weighted by Crippen LogP contribution is 2.29. The van der Waals surface area contributed by atoms with Crippen LogP contribution in [0.5, 0.6) is 0 Å². The summed E-state index contributed by atoms with van der Waals surface area (Å²) >= 11 is 6.20. The maximum absolute atomic E-state index is 13.2. The largest absolute Gasteiger partial charge is 0.465 e. The van der Waals surface area contributed by atoms with E-state index in [1.54, 1.807) is 30.3 Å². The van der Waals surface area contributed by atoms with Crippen LogP contribution in [-0.4, -0.2) is 47.1 Å². The van der Waals surface area contributed by atoms with E-state index in [2.05, 4.69) is 4.98 Å². The molecule has 136 valence electrons. The molecule has 2 heterocycles. The molecule has 0 spiro atoms. The first-order valence-electron chi connectivity index (χ1n) is 7.72. The monoisotopic (exact) mass is 393 g/mol. The summed E-state index contributed by atoms with van der Waals surface area (Å²) in [6.45, 7) is 0.133. The molecule has 2 aromatic heterocycles. The zero-order valence-corrected chi connectivity index (χ0v) is 15.4. The predicted molar refractivity (Wildman–Crippen MR) is 98.1 cm³/mol. The molecule has 9 heteroatoms. The lowest BCUT2D eigenvalue weighted by molar-refractivity contribution is 0.156. The van der Waals surface area contributed by atoms with Crippen LogP contribution in [0.4, 0.5) is 4.79 Å². The molecule has 0 aliphatic rings. The maximum Gasteiger partial charge on any atom is 0.407 e. The molecule has 0 aliphatic heterocycles. The third-order valence-electron chi connectivity index (χ3n) is 3.99. The standard InChI is InChI=1S/C17H16ClN3O4S/c1-20(17(22)23)10-8-12-11-14-15(18)7-9-19-16(14)21(12)26(24,25)13-5-3-2-4-6-13/h2-7,9,11H,8,10H2,1H3,(H,22,23). The summed E-state index contributed by atoms with van der Waals surface area (Å²) in [6.07, 6.45) is 0.547. The average Bonchev–Trinajstić information content (AvgIpc) is 3.01. The Bertz CT molecular complexity index is 1060. The van der Waals surface area contributed by atoms with E-state index < -0.39 is 16.1 Å². The number of rotatable bonds is 5. The van der Waals surface area contributed by atoms with Crippen LogP contribution in [0.3, 0.4) is 0 Å². The van der Waals surface area contributed by atoms with Crippen LogP contribution in [0.15, 0.2) is 53.6 Å². The summed E-state index contributed by atoms with van der Waals surface area (Å²) < 4.78 is 27.5. The quantitative estimate of drug-likeness (QED) is 0.719. The van der Waals surface area contributed by atoms with Gasteiger partial charge in [-0.05, 0) is 24.3 Å². The number of halogens is 1. The van der Waals surface area contributed by atoms with Crippen molar-refractivity contribution in [1.29, 1.82) is 0 Å². The Morgan fingerprint density at radius 1 is 1.27 bits per heavy atom. The van der Waals surface area contributed by atoms with Crippen LogP contribution in [0, 0.1) is 0 Å². The molecule has 1 N–H and O–H groups in total. The highest BCUT2D eigenvalue weighted by atomic mass is 35.5. The second kappa shape index (κ2) is 6.97. The highest BCUT2D eigenvalue weighted by Gasteiger charge is 2.24. The van der Waals surface area contributed by atoms with E-state index in [9.17, 15) is 13.2 Å². The van der Waals surface area contributed by atoms with Crippen molar-refractivity contribution in [2.75, 3.05) is 13.6 Å². The molecule has 3 rings (SSSR count). The minimum absolute atomic E-state index is 0.118. The van der Waals surface area contributed by atoms with E-state index in [0.29, 0.717) is 16.1 Å². The van der Waals surface area contributed by atoms with Gasteiger partial charge in [-0.3, -0.25) is 0 Å². The van der Waals surface area contributed by atoms with Crippen molar-refractivity contribution >= 4 is 38.8 Å². The van der Waals surface area contributed by atoms with E-state index in [0.717, 1.165) is 8.87 Å². The van der Waals surface area contributed by atoms with Gasteiger partial charge >= 0.3 is 6.09 Å². The highest BCUT2D eigenvalue weighted by molar-refractivity contribution is 7.90. The van der Waals surface area contributed by atoms with Gasteiger partial charge in [0, 0.05) is 37.3 Å². The summed E-state index contributed by atoms with van der Waals surface area (Å²) in [6, 6.07) is 11.2. The Labute approximate surface area is 155 Å². The van der Waals surface area contributed by atoms with Gasteiger partial charge < -0.3 is 10.0 Å². The van der Waals surface area contributed by atoms with Crippen LogP contribution >= 0.6 is 11.6 Å². The van der Waals surface area contributed by atoms with Gasteiger partial charge in [-0.25, -0.2) is 22.2 Å². The van der Waals surface area contributed by atoms with E-state index in [1.807, 2.05) is 0 Å². The summed E-state index contributed by atoms with van der Waals surface area (Å²) in [5.74, 6) is 0. The Hall–Kier alpha value is -2.58. The number of benzene rings is 1. The number of carbonyl (C=O) groups is 1. The number of likely N-dealkylation sites (N-methyl/N-ethyl adjacent to an activating group) is 1. The summed E-state index contributed by atoms with van der Waals surface area (Å²) in [7, 11) is -2.49. The molecule has 0 aliphatic carbocycles. The fourth-order valence-electron chi connectivity index (χ4n) is 2.61. The molecule has 26 heavy (non-hydrogen) atoms.